The highest BCUT2D eigenvalue weighted by molar-refractivity contribution is 7.91. The summed E-state index contributed by atoms with van der Waals surface area (Å²) in [6, 6.07) is 15.9. The van der Waals surface area contributed by atoms with Crippen LogP contribution < -0.4 is 19.5 Å². The first-order valence-corrected chi connectivity index (χ1v) is 19.4. The maximum atomic E-state index is 14.2. The maximum absolute atomic E-state index is 14.2. The first-order chi connectivity index (χ1) is 24.7. The predicted octanol–water partition coefficient (Wildman–Crippen LogP) is 5.51. The molecule has 4 aliphatic rings. The summed E-state index contributed by atoms with van der Waals surface area (Å²) in [5, 5.41) is 3.57. The number of amides is 3. The van der Waals surface area contributed by atoms with Crippen LogP contribution in [-0.4, -0.2) is 77.9 Å². The van der Waals surface area contributed by atoms with E-state index in [9.17, 15) is 22.8 Å². The highest BCUT2D eigenvalue weighted by Crippen LogP contribution is 2.53. The average Bonchev–Trinajstić information content (AvgIpc) is 4.05. The van der Waals surface area contributed by atoms with Gasteiger partial charge < -0.3 is 19.5 Å². The van der Waals surface area contributed by atoms with Gasteiger partial charge in [0.1, 0.15) is 34.8 Å². The molecule has 3 aliphatic carbocycles. The fourth-order valence-electron chi connectivity index (χ4n) is 7.22. The Balaban J connectivity index is 1.15. The van der Waals surface area contributed by atoms with Crippen molar-refractivity contribution in [2.45, 2.75) is 93.7 Å². The number of aromatic nitrogens is 1. The molecule has 1 saturated heterocycles. The number of methoxy groups -OCH3 is 1. The van der Waals surface area contributed by atoms with E-state index in [1.165, 1.54) is 4.90 Å². The van der Waals surface area contributed by atoms with Crippen molar-refractivity contribution in [3.63, 3.8) is 0 Å². The zero-order valence-corrected chi connectivity index (χ0v) is 30.8. The second-order valence-corrected chi connectivity index (χ2v) is 17.7. The number of rotatable bonds is 12. The highest BCUT2D eigenvalue weighted by Gasteiger charge is 2.64. The number of ether oxygens (including phenoxy) is 3. The van der Waals surface area contributed by atoms with E-state index < -0.39 is 61.9 Å². The van der Waals surface area contributed by atoms with Gasteiger partial charge in [0.05, 0.1) is 29.6 Å². The van der Waals surface area contributed by atoms with E-state index in [1.54, 1.807) is 34.0 Å². The van der Waals surface area contributed by atoms with Gasteiger partial charge in [0, 0.05) is 35.4 Å². The smallest absolute Gasteiger partial charge is 0.411 e. The first-order valence-electron chi connectivity index (χ1n) is 17.9. The molecule has 0 unspecified atom stereocenters. The third-order valence-electron chi connectivity index (χ3n) is 10.5. The van der Waals surface area contributed by atoms with Crippen LogP contribution in [-0.2, 0) is 24.3 Å². The Labute approximate surface area is 304 Å². The van der Waals surface area contributed by atoms with E-state index in [4.69, 9.17) is 19.2 Å². The van der Waals surface area contributed by atoms with Gasteiger partial charge in [-0.3, -0.25) is 19.2 Å². The van der Waals surface area contributed by atoms with E-state index in [1.807, 2.05) is 54.6 Å². The second kappa shape index (κ2) is 13.1. The summed E-state index contributed by atoms with van der Waals surface area (Å²) in [6.07, 6.45) is 4.05. The Morgan fingerprint density at radius 3 is 2.42 bits per heavy atom. The summed E-state index contributed by atoms with van der Waals surface area (Å²) in [4.78, 5) is 47.7. The third-order valence-corrected chi connectivity index (χ3v) is 12.7. The Morgan fingerprint density at radius 2 is 1.81 bits per heavy atom. The molecule has 3 amide bonds. The Hall–Kier alpha value is -4.65. The number of carbonyl (C=O) groups excluding carboxylic acids is 3. The van der Waals surface area contributed by atoms with Crippen molar-refractivity contribution < 1.29 is 37.0 Å². The number of carbonyl (C=O) groups is 3. The largest absolute Gasteiger partial charge is 0.497 e. The molecule has 2 N–H and O–H groups in total. The van der Waals surface area contributed by atoms with Crippen LogP contribution in [0.25, 0.3) is 22.2 Å². The van der Waals surface area contributed by atoms with E-state index in [0.29, 0.717) is 47.9 Å². The number of hydrogen-bond acceptors (Lipinski definition) is 9. The van der Waals surface area contributed by atoms with Gasteiger partial charge in [0.15, 0.2) is 0 Å². The Bertz CT molecular complexity index is 2020. The minimum Gasteiger partial charge on any atom is -0.497 e. The molecule has 3 aromatic rings. The van der Waals surface area contributed by atoms with Crippen LogP contribution in [0.15, 0.2) is 67.3 Å². The van der Waals surface area contributed by atoms with Crippen molar-refractivity contribution in [2.24, 2.45) is 11.8 Å². The standard InChI is InChI=1S/C39H46N4O8S/c1-6-26-22-39(26,35(45)42-52(47,48)38(16-17-38)21-24-12-13-24)41-34(44)32-19-28(23-43(32)36(46)51-37(2,3)4)50-33-20-30(25-10-8-7-9-11-25)40-31-18-27(49-5)14-15-29(31)33/h6-11,14-15,18,20,24,26,28,32H,1,12-13,16-17,19,21-23H2,2-5H3,(H,41,44)(H,42,45)/t26-,28-,32+,39-/m1/s1. The number of nitrogens with zero attached hydrogens (tertiary/aromatic N) is 2. The molecule has 52 heavy (non-hydrogen) atoms. The number of benzene rings is 2. The lowest BCUT2D eigenvalue weighted by Crippen LogP contribution is -2.57. The molecule has 4 atom stereocenters. The monoisotopic (exact) mass is 730 g/mol. The summed E-state index contributed by atoms with van der Waals surface area (Å²) in [5.74, 6) is -0.360. The van der Waals surface area contributed by atoms with Crippen LogP contribution in [0.4, 0.5) is 4.79 Å². The van der Waals surface area contributed by atoms with Crippen LogP contribution in [0.3, 0.4) is 0 Å². The maximum Gasteiger partial charge on any atom is 0.411 e. The number of likely N-dealkylation sites (tertiary alicyclic amines) is 1. The van der Waals surface area contributed by atoms with Gasteiger partial charge in [0.25, 0.3) is 5.91 Å². The topological polar surface area (TPSA) is 153 Å². The molecular weight excluding hydrogens is 685 g/mol. The fraction of sp³-hybridized carbons (Fsp3) is 0.487. The Kier molecular flexibility index (Phi) is 8.99. The van der Waals surface area contributed by atoms with Gasteiger partial charge in [-0.2, -0.15) is 0 Å². The number of pyridine rings is 1. The molecule has 13 heteroatoms. The summed E-state index contributed by atoms with van der Waals surface area (Å²) in [5.41, 5.74) is -0.163. The van der Waals surface area contributed by atoms with Crippen molar-refractivity contribution in [1.82, 2.24) is 19.9 Å². The second-order valence-electron chi connectivity index (χ2n) is 15.7. The Morgan fingerprint density at radius 1 is 1.08 bits per heavy atom. The van der Waals surface area contributed by atoms with Crippen LogP contribution in [0.5, 0.6) is 11.5 Å². The summed E-state index contributed by atoms with van der Waals surface area (Å²) in [7, 11) is -2.39. The van der Waals surface area contributed by atoms with Gasteiger partial charge in [-0.05, 0) is 64.5 Å². The highest BCUT2D eigenvalue weighted by atomic mass is 32.2. The molecular formula is C39H46N4O8S. The molecule has 7 rings (SSSR count). The molecule has 1 aromatic heterocycles. The van der Waals surface area contributed by atoms with Gasteiger partial charge in [-0.1, -0.05) is 49.2 Å². The minimum atomic E-state index is -3.97. The fourth-order valence-corrected chi connectivity index (χ4v) is 8.96. The SMILES string of the molecule is C=C[C@@H]1C[C@]1(NC(=O)[C@@H]1C[C@@H](Oc2cc(-c3ccccc3)nc3cc(OC)ccc23)CN1C(=O)OC(C)(C)C)C(=O)NS(=O)(=O)C1(CC2CC2)CC1. The summed E-state index contributed by atoms with van der Waals surface area (Å²) in [6.45, 7) is 9.05. The van der Waals surface area contributed by atoms with Crippen molar-refractivity contribution in [3.05, 3.63) is 67.3 Å². The number of fused-ring (bicyclic) bond motifs is 1. The summed E-state index contributed by atoms with van der Waals surface area (Å²) >= 11 is 0. The molecule has 4 fully saturated rings. The zero-order chi connectivity index (χ0) is 37.1. The van der Waals surface area contributed by atoms with E-state index in [-0.39, 0.29) is 19.4 Å². The van der Waals surface area contributed by atoms with E-state index >= 15 is 0 Å². The van der Waals surface area contributed by atoms with Crippen LogP contribution in [0, 0.1) is 11.8 Å². The minimum absolute atomic E-state index is 0.0236. The molecule has 12 nitrogen and oxygen atoms in total. The van der Waals surface area contributed by atoms with Crippen molar-refractivity contribution in [2.75, 3.05) is 13.7 Å². The lowest BCUT2D eigenvalue weighted by Gasteiger charge is -2.29. The van der Waals surface area contributed by atoms with Crippen molar-refractivity contribution in [3.8, 4) is 22.8 Å². The zero-order valence-electron chi connectivity index (χ0n) is 30.0. The number of hydrogen-bond donors (Lipinski definition) is 2. The number of sulfonamides is 1. The van der Waals surface area contributed by atoms with Crippen molar-refractivity contribution in [1.29, 1.82) is 0 Å². The van der Waals surface area contributed by atoms with Crippen molar-refractivity contribution >= 4 is 38.8 Å². The van der Waals surface area contributed by atoms with Gasteiger partial charge in [-0.15, -0.1) is 6.58 Å². The van der Waals surface area contributed by atoms with Crippen LogP contribution in [0.2, 0.25) is 0 Å². The first kappa shape index (κ1) is 35.7. The molecule has 2 aromatic carbocycles. The normalized spacial score (nSPS) is 24.8. The quantitative estimate of drug-likeness (QED) is 0.230. The molecule has 0 radical (unpaired) electrons. The number of nitrogens with one attached hydrogen (secondary N) is 2. The average molecular weight is 731 g/mol. The van der Waals surface area contributed by atoms with Crippen LogP contribution in [0.1, 0.15) is 65.7 Å². The summed E-state index contributed by atoms with van der Waals surface area (Å²) < 4.78 is 46.1. The van der Waals surface area contributed by atoms with Gasteiger partial charge in [-0.25, -0.2) is 18.2 Å². The van der Waals surface area contributed by atoms with Gasteiger partial charge >= 0.3 is 6.09 Å². The molecule has 0 bridgehead atoms. The molecule has 1 aliphatic heterocycles. The molecule has 2 heterocycles. The lowest BCUT2D eigenvalue weighted by molar-refractivity contribution is -0.131. The third kappa shape index (κ3) is 7.07. The molecule has 276 valence electrons. The lowest BCUT2D eigenvalue weighted by atomic mass is 10.1. The predicted molar refractivity (Wildman–Crippen MR) is 195 cm³/mol. The van der Waals surface area contributed by atoms with E-state index in [0.717, 1.165) is 23.8 Å². The van der Waals surface area contributed by atoms with Crippen LogP contribution >= 0.6 is 0 Å². The van der Waals surface area contributed by atoms with Gasteiger partial charge in [0.2, 0.25) is 15.9 Å². The molecule has 0 spiro atoms. The molecule has 3 saturated carbocycles. The van der Waals surface area contributed by atoms with E-state index in [2.05, 4.69) is 16.6 Å².